The Morgan fingerprint density at radius 1 is 1.20 bits per heavy atom. The van der Waals surface area contributed by atoms with Gasteiger partial charge in [-0.05, 0) is 18.4 Å². The molecule has 0 saturated heterocycles. The van der Waals surface area contributed by atoms with Crippen LogP contribution in [0.4, 0.5) is 0 Å². The third-order valence-corrected chi connectivity index (χ3v) is 1.42. The van der Waals surface area contributed by atoms with E-state index in [1.165, 1.54) is 12.0 Å². The Kier molecular flexibility index (Phi) is 24.9. The molecule has 0 heterocycles. The number of allylic oxidation sites excluding steroid dienone is 5. The van der Waals surface area contributed by atoms with Crippen LogP contribution in [-0.4, -0.2) is 0 Å². The molecule has 0 aliphatic heterocycles. The third kappa shape index (κ3) is 19.6. The molecule has 0 atom stereocenters. The van der Waals surface area contributed by atoms with Crippen LogP contribution in [0.25, 0.3) is 0 Å². The summed E-state index contributed by atoms with van der Waals surface area (Å²) in [4.78, 5) is 0. The van der Waals surface area contributed by atoms with Gasteiger partial charge in [0.15, 0.2) is 0 Å². The fraction of sp³-hybridized carbons (Fsp3) is 0.600. The Labute approximate surface area is 97.8 Å². The highest BCUT2D eigenvalue weighted by molar-refractivity contribution is 5.22. The van der Waals surface area contributed by atoms with E-state index in [1.54, 1.807) is 6.08 Å². The molecule has 0 saturated carbocycles. The molecule has 0 bridgehead atoms. The predicted molar refractivity (Wildman–Crippen MR) is 75.2 cm³/mol. The summed E-state index contributed by atoms with van der Waals surface area (Å²) in [5.74, 6) is 0.612. The molecule has 0 aliphatic carbocycles. The molecule has 0 amide bonds. The van der Waals surface area contributed by atoms with Crippen molar-refractivity contribution in [1.29, 1.82) is 0 Å². The van der Waals surface area contributed by atoms with Crippen molar-refractivity contribution in [2.24, 2.45) is 5.92 Å². The number of rotatable bonds is 3. The maximum absolute atomic E-state index is 3.61. The highest BCUT2D eigenvalue weighted by Gasteiger charge is 1.94. The maximum Gasteiger partial charge on any atom is -0.0222 e. The summed E-state index contributed by atoms with van der Waals surface area (Å²) < 4.78 is 0. The normalized spacial score (nSPS) is 10.3. The molecule has 0 heteroatoms. The summed E-state index contributed by atoms with van der Waals surface area (Å²) in [7, 11) is 0. The summed E-state index contributed by atoms with van der Waals surface area (Å²) in [6.07, 6.45) is 9.24. The van der Waals surface area contributed by atoms with Crippen molar-refractivity contribution in [3.8, 4) is 0 Å². The quantitative estimate of drug-likeness (QED) is 0.518. The van der Waals surface area contributed by atoms with E-state index < -0.39 is 0 Å². The fourth-order valence-electron chi connectivity index (χ4n) is 0.801. The molecule has 0 aromatic carbocycles. The molecule has 0 aromatic heterocycles. The molecule has 0 fully saturated rings. The minimum Gasteiger partial charge on any atom is -0.0991 e. The second kappa shape index (κ2) is 18.9. The van der Waals surface area contributed by atoms with Crippen LogP contribution < -0.4 is 0 Å². The van der Waals surface area contributed by atoms with Crippen molar-refractivity contribution in [2.45, 2.75) is 54.9 Å². The van der Waals surface area contributed by atoms with Crippen LogP contribution in [0.1, 0.15) is 54.9 Å². The van der Waals surface area contributed by atoms with E-state index in [4.69, 9.17) is 0 Å². The van der Waals surface area contributed by atoms with Crippen molar-refractivity contribution in [1.82, 2.24) is 0 Å². The molecule has 15 heavy (non-hydrogen) atoms. The molecule has 0 spiro atoms. The zero-order valence-electron chi connectivity index (χ0n) is 11.8. The summed E-state index contributed by atoms with van der Waals surface area (Å²) in [6.45, 7) is 18.3. The van der Waals surface area contributed by atoms with Crippen molar-refractivity contribution >= 4 is 0 Å². The lowest BCUT2D eigenvalue weighted by Crippen LogP contribution is -1.88. The first-order valence-electron chi connectivity index (χ1n) is 6.09. The first kappa shape index (κ1) is 19.7. The van der Waals surface area contributed by atoms with Crippen LogP contribution in [-0.2, 0) is 0 Å². The van der Waals surface area contributed by atoms with E-state index in [9.17, 15) is 0 Å². The van der Waals surface area contributed by atoms with Crippen molar-refractivity contribution in [3.05, 3.63) is 36.5 Å². The largest absolute Gasteiger partial charge is 0.0991 e. The predicted octanol–water partition coefficient (Wildman–Crippen LogP) is 5.77. The molecule has 0 rings (SSSR count). The minimum absolute atomic E-state index is 0.612. The monoisotopic (exact) mass is 210 g/mol. The van der Waals surface area contributed by atoms with Gasteiger partial charge in [0, 0.05) is 0 Å². The average molecular weight is 210 g/mol. The van der Waals surface area contributed by atoms with Crippen LogP contribution in [0.2, 0.25) is 0 Å². The van der Waals surface area contributed by atoms with Crippen LogP contribution in [0.15, 0.2) is 36.5 Å². The van der Waals surface area contributed by atoms with Crippen LogP contribution >= 0.6 is 0 Å². The van der Waals surface area contributed by atoms with Crippen LogP contribution in [0.3, 0.4) is 0 Å². The van der Waals surface area contributed by atoms with Gasteiger partial charge in [-0.3, -0.25) is 0 Å². The highest BCUT2D eigenvalue weighted by Crippen LogP contribution is 2.09. The third-order valence-electron chi connectivity index (χ3n) is 1.42. The molecule has 0 unspecified atom stereocenters. The standard InChI is InChI=1S/C10H16.C3H8.C2H6/c1-5-7-8-10(6-2)9(3)4;1-3-2;1-2/h5-9H,1H2,2-4H3;3H2,1-2H3;1-2H3/b8-7-,10-6+;;. The van der Waals surface area contributed by atoms with Gasteiger partial charge in [-0.25, -0.2) is 0 Å². The van der Waals surface area contributed by atoms with Crippen LogP contribution in [0.5, 0.6) is 0 Å². The first-order valence-corrected chi connectivity index (χ1v) is 6.09. The van der Waals surface area contributed by atoms with Gasteiger partial charge >= 0.3 is 0 Å². The second-order valence-corrected chi connectivity index (χ2v) is 3.25. The Bertz CT molecular complexity index is 159. The molecular weight excluding hydrogens is 180 g/mol. The number of hydrogen-bond acceptors (Lipinski definition) is 0. The Balaban J connectivity index is -0.000000245. The van der Waals surface area contributed by atoms with Gasteiger partial charge in [0.1, 0.15) is 0 Å². The molecule has 0 aliphatic rings. The fourth-order valence-corrected chi connectivity index (χ4v) is 0.801. The highest BCUT2D eigenvalue weighted by atomic mass is 14.0. The van der Waals surface area contributed by atoms with E-state index in [2.05, 4.69) is 53.3 Å². The SMILES string of the molecule is C=C/C=C\C(=C/C)C(C)C.CC.CCC. The zero-order chi connectivity index (χ0) is 12.7. The van der Waals surface area contributed by atoms with E-state index >= 15 is 0 Å². The van der Waals surface area contributed by atoms with E-state index in [1.807, 2.05) is 19.9 Å². The van der Waals surface area contributed by atoms with Crippen molar-refractivity contribution in [3.63, 3.8) is 0 Å². The van der Waals surface area contributed by atoms with Gasteiger partial charge in [0.25, 0.3) is 0 Å². The molecule has 0 radical (unpaired) electrons. The number of hydrogen-bond donors (Lipinski definition) is 0. The lowest BCUT2D eigenvalue weighted by atomic mass is 10.0. The Hall–Kier alpha value is -0.780. The Morgan fingerprint density at radius 3 is 1.80 bits per heavy atom. The van der Waals surface area contributed by atoms with Gasteiger partial charge in [-0.2, -0.15) is 0 Å². The lowest BCUT2D eigenvalue weighted by Gasteiger charge is -2.03. The minimum atomic E-state index is 0.612. The maximum atomic E-state index is 3.61. The molecule has 0 aromatic rings. The van der Waals surface area contributed by atoms with Crippen molar-refractivity contribution in [2.75, 3.05) is 0 Å². The average Bonchev–Trinajstić information content (AvgIpc) is 2.23. The topological polar surface area (TPSA) is 0 Å². The van der Waals surface area contributed by atoms with Gasteiger partial charge in [0.2, 0.25) is 0 Å². The van der Waals surface area contributed by atoms with E-state index in [0.717, 1.165) is 0 Å². The lowest BCUT2D eigenvalue weighted by molar-refractivity contribution is 0.789. The molecule has 0 N–H and O–H groups in total. The summed E-state index contributed by atoms with van der Waals surface area (Å²) in [5.41, 5.74) is 1.36. The van der Waals surface area contributed by atoms with Gasteiger partial charge in [-0.1, -0.05) is 78.8 Å². The van der Waals surface area contributed by atoms with Crippen molar-refractivity contribution < 1.29 is 0 Å². The molecular formula is C15H30. The summed E-state index contributed by atoms with van der Waals surface area (Å²) >= 11 is 0. The van der Waals surface area contributed by atoms with Gasteiger partial charge in [-0.15, -0.1) is 0 Å². The van der Waals surface area contributed by atoms with E-state index in [-0.39, 0.29) is 0 Å². The summed E-state index contributed by atoms with van der Waals surface area (Å²) in [6, 6.07) is 0. The first-order chi connectivity index (χ1) is 7.13. The smallest absolute Gasteiger partial charge is 0.0222 e. The second-order valence-electron chi connectivity index (χ2n) is 3.25. The molecule has 90 valence electrons. The van der Waals surface area contributed by atoms with E-state index in [0.29, 0.717) is 5.92 Å². The zero-order valence-corrected chi connectivity index (χ0v) is 11.8. The van der Waals surface area contributed by atoms with Crippen LogP contribution in [0, 0.1) is 5.92 Å². The van der Waals surface area contributed by atoms with Gasteiger partial charge in [0.05, 0.1) is 0 Å². The molecule has 0 nitrogen and oxygen atoms in total. The van der Waals surface area contributed by atoms with Gasteiger partial charge < -0.3 is 0 Å². The Morgan fingerprint density at radius 2 is 1.60 bits per heavy atom. The summed E-state index contributed by atoms with van der Waals surface area (Å²) in [5, 5.41) is 0.